The molecule has 2 aliphatic rings. The second-order valence-corrected chi connectivity index (χ2v) is 14.7. The number of ether oxygens (including phenoxy) is 4. The standard InChI is InChI=1S/C26H42N4O22P2/c1-46-8-9-47-7-5-17(33)28-12(24(39)40)2-3-15(31)27-10-13-18(34)20(36)22(38)25(50-13)51-54(44,45)52-53(42,43)48-11-14-19(35)21(37)23(49-14)30-6-4-16(32)29-26(30)41/h4,6,12-14,18-23,25,34-38H,2-3,5,7-11H2,1H3,(H,27,31)(H,28,33)(H,39,40)(H,42,43)(H,44,45)(H,29,32,41)/t12?,13?,14-,18+,19+,20+,21+,22?,23?,25+/m1/s1. The highest BCUT2D eigenvalue weighted by atomic mass is 31.3. The highest BCUT2D eigenvalue weighted by molar-refractivity contribution is 7.61. The van der Waals surface area contributed by atoms with Gasteiger partial charge in [-0.25, -0.2) is 18.7 Å². The van der Waals surface area contributed by atoms with Crippen molar-refractivity contribution in [1.29, 1.82) is 0 Å². The Morgan fingerprint density at radius 3 is 2.24 bits per heavy atom. The van der Waals surface area contributed by atoms with Gasteiger partial charge in [-0.2, -0.15) is 4.31 Å². The molecule has 11 N–H and O–H groups in total. The highest BCUT2D eigenvalue weighted by Crippen LogP contribution is 2.61. The van der Waals surface area contributed by atoms with Gasteiger partial charge in [-0.1, -0.05) is 0 Å². The number of hydrogen-bond donors (Lipinski definition) is 11. The Bertz CT molecular complexity index is 1640. The van der Waals surface area contributed by atoms with Crippen molar-refractivity contribution in [1.82, 2.24) is 20.2 Å². The van der Waals surface area contributed by atoms with Gasteiger partial charge < -0.3 is 70.0 Å². The molecule has 2 amide bonds. The third kappa shape index (κ3) is 13.3. The number of aromatic nitrogens is 2. The van der Waals surface area contributed by atoms with Crippen molar-refractivity contribution >= 4 is 33.4 Å². The van der Waals surface area contributed by atoms with Crippen LogP contribution in [-0.4, -0.2) is 163 Å². The summed E-state index contributed by atoms with van der Waals surface area (Å²) in [6.07, 6.45) is -17.4. The van der Waals surface area contributed by atoms with Gasteiger partial charge in [0.2, 0.25) is 11.8 Å². The van der Waals surface area contributed by atoms with E-state index in [2.05, 4.69) is 24.0 Å². The van der Waals surface area contributed by atoms with Crippen molar-refractivity contribution in [2.45, 2.75) is 80.5 Å². The van der Waals surface area contributed by atoms with Gasteiger partial charge in [0.1, 0.15) is 48.8 Å². The first-order valence-electron chi connectivity index (χ1n) is 15.8. The van der Waals surface area contributed by atoms with Crippen LogP contribution in [0.25, 0.3) is 0 Å². The van der Waals surface area contributed by atoms with Crippen molar-refractivity contribution < 1.29 is 96.2 Å². The fourth-order valence-corrected chi connectivity index (χ4v) is 7.04. The molecule has 3 heterocycles. The number of methoxy groups -OCH3 is 1. The van der Waals surface area contributed by atoms with E-state index in [4.69, 9.17) is 18.9 Å². The molecule has 12 atom stereocenters. The molecule has 2 aliphatic heterocycles. The minimum atomic E-state index is -5.78. The smallest absolute Gasteiger partial charge is 0.480 e. The molecule has 54 heavy (non-hydrogen) atoms. The molecule has 0 aromatic carbocycles. The molecule has 2 fully saturated rings. The van der Waals surface area contributed by atoms with E-state index >= 15 is 0 Å². The summed E-state index contributed by atoms with van der Waals surface area (Å²) in [4.78, 5) is 81.4. The number of aliphatic hydroxyl groups is 5. The van der Waals surface area contributed by atoms with Crippen molar-refractivity contribution in [2.24, 2.45) is 0 Å². The van der Waals surface area contributed by atoms with Crippen LogP contribution in [0, 0.1) is 0 Å². The first-order valence-corrected chi connectivity index (χ1v) is 18.8. The first kappa shape index (κ1) is 45.4. The van der Waals surface area contributed by atoms with Crippen LogP contribution in [-0.2, 0) is 55.8 Å². The van der Waals surface area contributed by atoms with Gasteiger partial charge in [-0.15, -0.1) is 0 Å². The Morgan fingerprint density at radius 1 is 0.907 bits per heavy atom. The number of aliphatic carboxylic acids is 1. The second kappa shape index (κ2) is 20.2. The Morgan fingerprint density at radius 2 is 1.59 bits per heavy atom. The minimum absolute atomic E-state index is 0.0122. The average molecular weight is 825 g/mol. The van der Waals surface area contributed by atoms with Crippen molar-refractivity contribution in [3.63, 3.8) is 0 Å². The molecular weight excluding hydrogens is 782 g/mol. The Hall–Kier alpha value is -3.01. The average Bonchev–Trinajstić information content (AvgIpc) is 3.36. The largest absolute Gasteiger partial charge is 0.483 e. The number of carboxylic acid groups (broad SMARTS) is 1. The first-order chi connectivity index (χ1) is 25.2. The summed E-state index contributed by atoms with van der Waals surface area (Å²) in [5.41, 5.74) is -1.81. The third-order valence-corrected chi connectivity index (χ3v) is 10.3. The van der Waals surface area contributed by atoms with Gasteiger partial charge in [0.25, 0.3) is 5.56 Å². The van der Waals surface area contributed by atoms with E-state index in [-0.39, 0.29) is 32.7 Å². The second-order valence-electron chi connectivity index (χ2n) is 11.7. The number of nitrogens with zero attached hydrogens (tertiary/aromatic N) is 1. The normalized spacial score (nSPS) is 29.8. The van der Waals surface area contributed by atoms with Gasteiger partial charge >= 0.3 is 27.3 Å². The molecule has 1 aromatic rings. The zero-order chi connectivity index (χ0) is 40.4. The van der Waals surface area contributed by atoms with Crippen LogP contribution in [0.15, 0.2) is 21.9 Å². The number of hydrogen-bond acceptors (Lipinski definition) is 19. The van der Waals surface area contributed by atoms with Crippen LogP contribution < -0.4 is 21.9 Å². The number of nitrogens with one attached hydrogen (secondary N) is 3. The van der Waals surface area contributed by atoms with Crippen molar-refractivity contribution in [3.8, 4) is 0 Å². The van der Waals surface area contributed by atoms with Crippen LogP contribution in [0.2, 0.25) is 0 Å². The quantitative estimate of drug-likeness (QED) is 0.0407. The van der Waals surface area contributed by atoms with Gasteiger partial charge in [0, 0.05) is 38.8 Å². The molecule has 1 aromatic heterocycles. The van der Waals surface area contributed by atoms with Crippen molar-refractivity contribution in [2.75, 3.05) is 40.1 Å². The lowest BCUT2D eigenvalue weighted by atomic mass is 9.99. The predicted octanol–water partition coefficient (Wildman–Crippen LogP) is -5.27. The van der Waals surface area contributed by atoms with E-state index in [1.165, 1.54) is 7.11 Å². The van der Waals surface area contributed by atoms with Gasteiger partial charge in [-0.3, -0.25) is 33.0 Å². The SMILES string of the molecule is COCCOCCC(=O)NC(CCC(=O)NCC1O[C@@H](OP(=O)(O)OP(=O)(O)OC[C@H]2OC(n3ccc(=O)[nH]c3=O)[C@@H](O)[C@H]2O)C(O)[C@@H](O)[C@H]1O)C(=O)O. The summed E-state index contributed by atoms with van der Waals surface area (Å²) in [7, 11) is -9.96. The molecular formula is C26H42N4O22P2. The number of aromatic amines is 1. The number of carboxylic acids is 1. The van der Waals surface area contributed by atoms with E-state index < -0.39 is 126 Å². The molecule has 3 rings (SSSR count). The van der Waals surface area contributed by atoms with Crippen LogP contribution in [0.1, 0.15) is 25.5 Å². The maximum Gasteiger partial charge on any atom is 0.483 e. The zero-order valence-corrected chi connectivity index (χ0v) is 30.0. The Labute approximate surface area is 303 Å². The zero-order valence-electron chi connectivity index (χ0n) is 28.2. The van der Waals surface area contributed by atoms with E-state index in [0.29, 0.717) is 4.57 Å². The number of amides is 2. The number of carbonyl (C=O) groups is 3. The molecule has 0 saturated carbocycles. The molecule has 0 radical (unpaired) electrons. The Kier molecular flexibility index (Phi) is 17.0. The van der Waals surface area contributed by atoms with E-state index in [0.717, 1.165) is 12.3 Å². The fraction of sp³-hybridized carbons (Fsp3) is 0.731. The molecule has 0 aliphatic carbocycles. The van der Waals surface area contributed by atoms with E-state index in [1.807, 2.05) is 4.98 Å². The molecule has 0 spiro atoms. The maximum atomic E-state index is 12.6. The summed E-state index contributed by atoms with van der Waals surface area (Å²) in [5.74, 6) is -2.93. The number of phosphoric ester groups is 2. The molecule has 26 nitrogen and oxygen atoms in total. The van der Waals surface area contributed by atoms with Crippen LogP contribution in [0.5, 0.6) is 0 Å². The van der Waals surface area contributed by atoms with Crippen LogP contribution >= 0.6 is 15.6 Å². The monoisotopic (exact) mass is 824 g/mol. The number of phosphoric acid groups is 2. The van der Waals surface area contributed by atoms with E-state index in [1.54, 1.807) is 0 Å². The lowest BCUT2D eigenvalue weighted by Crippen LogP contribution is -2.60. The van der Waals surface area contributed by atoms with E-state index in [9.17, 15) is 73.5 Å². The van der Waals surface area contributed by atoms with Crippen LogP contribution in [0.3, 0.4) is 0 Å². The number of carbonyl (C=O) groups excluding carboxylic acids is 2. The molecule has 0 bridgehead atoms. The van der Waals surface area contributed by atoms with Crippen molar-refractivity contribution in [3.05, 3.63) is 33.1 Å². The van der Waals surface area contributed by atoms with Gasteiger partial charge in [0.15, 0.2) is 12.5 Å². The minimum Gasteiger partial charge on any atom is -0.480 e. The third-order valence-electron chi connectivity index (χ3n) is 7.68. The molecule has 2 saturated heterocycles. The van der Waals surface area contributed by atoms with Crippen LogP contribution in [0.4, 0.5) is 0 Å². The van der Waals surface area contributed by atoms with Gasteiger partial charge in [0.05, 0.1) is 26.4 Å². The molecule has 6 unspecified atom stereocenters. The summed E-state index contributed by atoms with van der Waals surface area (Å²) >= 11 is 0. The number of rotatable bonds is 21. The highest BCUT2D eigenvalue weighted by Gasteiger charge is 2.50. The summed E-state index contributed by atoms with van der Waals surface area (Å²) in [6, 6.07) is -0.561. The maximum absolute atomic E-state index is 12.6. The van der Waals surface area contributed by atoms with Gasteiger partial charge in [-0.05, 0) is 6.42 Å². The number of aliphatic hydroxyl groups excluding tert-OH is 5. The summed E-state index contributed by atoms with van der Waals surface area (Å²) in [5, 5.41) is 65.3. The lowest BCUT2D eigenvalue weighted by molar-refractivity contribution is -0.273. The number of H-pyrrole nitrogens is 1. The fourth-order valence-electron chi connectivity index (χ4n) is 4.88. The molecule has 28 heteroatoms. The summed E-state index contributed by atoms with van der Waals surface area (Å²) < 4.78 is 59.5. The lowest BCUT2D eigenvalue weighted by Gasteiger charge is -2.40. The predicted molar refractivity (Wildman–Crippen MR) is 171 cm³/mol. The summed E-state index contributed by atoms with van der Waals surface area (Å²) in [6.45, 7) is -1.26. The Balaban J connectivity index is 1.51. The topological polar surface area (TPSA) is 391 Å². The molecule has 308 valence electrons.